The van der Waals surface area contributed by atoms with Gasteiger partial charge in [-0.15, -0.1) is 0 Å². The van der Waals surface area contributed by atoms with E-state index in [1.165, 1.54) is 0 Å². The SMILES string of the molecule is CCc1ccc2c(c1)N(S(=O)(=O)c1ccc(OCC3CCOCC3)c(C3(O)CC3)c1)[C@@H](C)CC2. The van der Waals surface area contributed by atoms with Crippen LogP contribution in [0.5, 0.6) is 5.75 Å². The molecule has 2 heterocycles. The van der Waals surface area contributed by atoms with Crippen molar-refractivity contribution < 1.29 is 23.0 Å². The summed E-state index contributed by atoms with van der Waals surface area (Å²) in [6, 6.07) is 11.0. The Morgan fingerprint density at radius 2 is 1.88 bits per heavy atom. The molecule has 0 radical (unpaired) electrons. The number of aliphatic hydroxyl groups is 1. The van der Waals surface area contributed by atoms with Crippen LogP contribution >= 0.6 is 0 Å². The second-order valence-electron chi connectivity index (χ2n) is 10.1. The number of aryl methyl sites for hydroxylation is 2. The van der Waals surface area contributed by atoms with Gasteiger partial charge in [0.05, 0.1) is 22.8 Å². The van der Waals surface area contributed by atoms with Crippen LogP contribution in [0.15, 0.2) is 41.3 Å². The molecule has 0 amide bonds. The third-order valence-electron chi connectivity index (χ3n) is 7.58. The lowest BCUT2D eigenvalue weighted by Crippen LogP contribution is -2.42. The third kappa shape index (κ3) is 4.45. The zero-order valence-electron chi connectivity index (χ0n) is 20.1. The molecule has 0 spiro atoms. The Balaban J connectivity index is 1.48. The minimum Gasteiger partial charge on any atom is -0.493 e. The molecule has 184 valence electrons. The van der Waals surface area contributed by atoms with E-state index in [0.29, 0.717) is 36.7 Å². The molecule has 2 aromatic rings. The maximum absolute atomic E-state index is 14.0. The molecule has 0 unspecified atom stereocenters. The summed E-state index contributed by atoms with van der Waals surface area (Å²) >= 11 is 0. The summed E-state index contributed by atoms with van der Waals surface area (Å²) in [4.78, 5) is 0.211. The average molecular weight is 486 g/mol. The minimum absolute atomic E-state index is 0.137. The van der Waals surface area contributed by atoms with Crippen molar-refractivity contribution in [1.82, 2.24) is 0 Å². The molecule has 2 aromatic carbocycles. The number of rotatable bonds is 7. The van der Waals surface area contributed by atoms with E-state index in [2.05, 4.69) is 19.1 Å². The van der Waals surface area contributed by atoms with Crippen LogP contribution in [0.25, 0.3) is 0 Å². The van der Waals surface area contributed by atoms with E-state index in [1.807, 2.05) is 13.0 Å². The fourth-order valence-corrected chi connectivity index (χ4v) is 6.85. The number of ether oxygens (including phenoxy) is 2. The number of anilines is 1. The van der Waals surface area contributed by atoms with Gasteiger partial charge in [-0.25, -0.2) is 8.42 Å². The van der Waals surface area contributed by atoms with Gasteiger partial charge in [0.2, 0.25) is 0 Å². The van der Waals surface area contributed by atoms with E-state index < -0.39 is 15.6 Å². The molecule has 34 heavy (non-hydrogen) atoms. The van der Waals surface area contributed by atoms with Crippen LogP contribution in [0.3, 0.4) is 0 Å². The molecule has 1 saturated carbocycles. The molecule has 0 bridgehead atoms. The van der Waals surface area contributed by atoms with Crippen molar-refractivity contribution in [3.63, 3.8) is 0 Å². The van der Waals surface area contributed by atoms with Crippen LogP contribution < -0.4 is 9.04 Å². The lowest BCUT2D eigenvalue weighted by molar-refractivity contribution is 0.0487. The quantitative estimate of drug-likeness (QED) is 0.622. The van der Waals surface area contributed by atoms with Gasteiger partial charge in [-0.05, 0) is 93.2 Å². The Kier molecular flexibility index (Phi) is 6.38. The van der Waals surface area contributed by atoms with Gasteiger partial charge in [0.1, 0.15) is 5.75 Å². The molecular weight excluding hydrogens is 450 g/mol. The van der Waals surface area contributed by atoms with Gasteiger partial charge in [-0.3, -0.25) is 4.31 Å². The third-order valence-corrected chi connectivity index (χ3v) is 9.50. The fourth-order valence-electron chi connectivity index (χ4n) is 5.11. The Labute approximate surface area is 202 Å². The average Bonchev–Trinajstić information content (AvgIpc) is 3.60. The highest BCUT2D eigenvalue weighted by atomic mass is 32.2. The van der Waals surface area contributed by atoms with E-state index in [0.717, 1.165) is 62.1 Å². The van der Waals surface area contributed by atoms with Crippen molar-refractivity contribution in [2.45, 2.75) is 75.3 Å². The summed E-state index contributed by atoms with van der Waals surface area (Å²) in [6.45, 7) is 6.09. The van der Waals surface area contributed by atoms with Crippen LogP contribution in [0.1, 0.15) is 62.6 Å². The molecule has 6 nitrogen and oxygen atoms in total. The van der Waals surface area contributed by atoms with Crippen molar-refractivity contribution in [3.05, 3.63) is 53.1 Å². The predicted octanol–water partition coefficient (Wildman–Crippen LogP) is 4.57. The molecule has 5 rings (SSSR count). The molecule has 1 atom stereocenters. The molecule has 1 N–H and O–H groups in total. The molecule has 3 aliphatic rings. The molecule has 2 fully saturated rings. The Morgan fingerprint density at radius 1 is 1.12 bits per heavy atom. The lowest BCUT2D eigenvalue weighted by atomic mass is 9.97. The maximum atomic E-state index is 14.0. The van der Waals surface area contributed by atoms with E-state index in [4.69, 9.17) is 9.47 Å². The first kappa shape index (κ1) is 23.6. The molecular formula is C27H35NO5S. The van der Waals surface area contributed by atoms with Gasteiger partial charge >= 0.3 is 0 Å². The van der Waals surface area contributed by atoms with Crippen LogP contribution in [0.2, 0.25) is 0 Å². The van der Waals surface area contributed by atoms with Gasteiger partial charge in [0.15, 0.2) is 0 Å². The zero-order valence-corrected chi connectivity index (χ0v) is 20.9. The van der Waals surface area contributed by atoms with Crippen molar-refractivity contribution in [3.8, 4) is 5.75 Å². The second-order valence-corrected chi connectivity index (χ2v) is 11.9. The molecule has 1 saturated heterocycles. The van der Waals surface area contributed by atoms with Crippen LogP contribution in [0, 0.1) is 5.92 Å². The van der Waals surface area contributed by atoms with Gasteiger partial charge in [-0.2, -0.15) is 0 Å². The van der Waals surface area contributed by atoms with Gasteiger partial charge in [0, 0.05) is 24.8 Å². The largest absolute Gasteiger partial charge is 0.493 e. The van der Waals surface area contributed by atoms with Crippen molar-refractivity contribution >= 4 is 15.7 Å². The normalized spacial score (nSPS) is 22.3. The van der Waals surface area contributed by atoms with Gasteiger partial charge < -0.3 is 14.6 Å². The minimum atomic E-state index is -3.81. The first-order valence-corrected chi connectivity index (χ1v) is 14.0. The van der Waals surface area contributed by atoms with Crippen molar-refractivity contribution in [2.75, 3.05) is 24.1 Å². The van der Waals surface area contributed by atoms with Crippen LogP contribution in [-0.4, -0.2) is 39.4 Å². The standard InChI is InChI=1S/C27H35NO5S/c1-3-20-5-7-22-6-4-19(2)28(25(22)16-20)34(30,31)23-8-9-26(24(17-23)27(29)12-13-27)33-18-21-10-14-32-15-11-21/h5,7-9,16-17,19,21,29H,3-4,6,10-15,18H2,1-2H3/t19-/m0/s1. The first-order valence-electron chi connectivity index (χ1n) is 12.6. The van der Waals surface area contributed by atoms with E-state index in [1.54, 1.807) is 22.5 Å². The highest BCUT2D eigenvalue weighted by Crippen LogP contribution is 2.50. The zero-order chi connectivity index (χ0) is 23.9. The topological polar surface area (TPSA) is 76.1 Å². The Morgan fingerprint density at radius 3 is 2.59 bits per heavy atom. The Hall–Kier alpha value is -2.09. The number of benzene rings is 2. The van der Waals surface area contributed by atoms with Gasteiger partial charge in [0.25, 0.3) is 10.0 Å². The number of hydrogen-bond donors (Lipinski definition) is 1. The molecule has 1 aliphatic carbocycles. The van der Waals surface area contributed by atoms with Crippen LogP contribution in [0.4, 0.5) is 5.69 Å². The maximum Gasteiger partial charge on any atom is 0.264 e. The number of sulfonamides is 1. The molecule has 0 aromatic heterocycles. The van der Waals surface area contributed by atoms with E-state index in [-0.39, 0.29) is 10.9 Å². The summed E-state index contributed by atoms with van der Waals surface area (Å²) in [7, 11) is -3.81. The first-order chi connectivity index (χ1) is 16.3. The summed E-state index contributed by atoms with van der Waals surface area (Å²) in [5.74, 6) is 1.00. The van der Waals surface area contributed by atoms with E-state index >= 15 is 0 Å². The number of nitrogens with zero attached hydrogens (tertiary/aromatic N) is 1. The highest BCUT2D eigenvalue weighted by molar-refractivity contribution is 7.92. The van der Waals surface area contributed by atoms with E-state index in [9.17, 15) is 13.5 Å². The summed E-state index contributed by atoms with van der Waals surface area (Å²) in [5, 5.41) is 11.0. The lowest BCUT2D eigenvalue weighted by Gasteiger charge is -2.36. The van der Waals surface area contributed by atoms with Crippen molar-refractivity contribution in [1.29, 1.82) is 0 Å². The monoisotopic (exact) mass is 485 g/mol. The van der Waals surface area contributed by atoms with Crippen molar-refractivity contribution in [2.24, 2.45) is 5.92 Å². The number of fused-ring (bicyclic) bond motifs is 1. The summed E-state index contributed by atoms with van der Waals surface area (Å²) < 4.78 is 41.1. The van der Waals surface area contributed by atoms with Gasteiger partial charge in [-0.1, -0.05) is 19.1 Å². The second kappa shape index (κ2) is 9.17. The predicted molar refractivity (Wildman–Crippen MR) is 132 cm³/mol. The number of hydrogen-bond acceptors (Lipinski definition) is 5. The summed E-state index contributed by atoms with van der Waals surface area (Å²) in [6.07, 6.45) is 5.65. The highest BCUT2D eigenvalue weighted by Gasteiger charge is 2.45. The summed E-state index contributed by atoms with van der Waals surface area (Å²) in [5.41, 5.74) is 2.56. The fraction of sp³-hybridized carbons (Fsp3) is 0.556. The molecule has 2 aliphatic heterocycles. The molecule has 7 heteroatoms. The Bertz CT molecular complexity index is 1150. The smallest absolute Gasteiger partial charge is 0.264 e. The van der Waals surface area contributed by atoms with Crippen LogP contribution in [-0.2, 0) is 33.2 Å².